The fourth-order valence-corrected chi connectivity index (χ4v) is 3.16. The van der Waals surface area contributed by atoms with Gasteiger partial charge in [0.2, 0.25) is 0 Å². The average Bonchev–Trinajstić information content (AvgIpc) is 2.73. The van der Waals surface area contributed by atoms with Crippen LogP contribution in [0, 0.1) is 13.8 Å². The van der Waals surface area contributed by atoms with Crippen LogP contribution in [-0.4, -0.2) is 28.8 Å². The molecule has 0 bridgehead atoms. The summed E-state index contributed by atoms with van der Waals surface area (Å²) in [6, 6.07) is 0.371. The molecule has 1 aromatic rings. The second-order valence-corrected chi connectivity index (χ2v) is 5.45. The molecule has 0 saturated heterocycles. The van der Waals surface area contributed by atoms with Crippen molar-refractivity contribution >= 4 is 5.78 Å². The van der Waals surface area contributed by atoms with Crippen molar-refractivity contribution in [1.29, 1.82) is 0 Å². The topological polar surface area (TPSA) is 44.1 Å². The standard InChI is InChI=1S/C15H24N2O2/c1-5-14(18)15-10(2)16-17(11(15)3)12-7-6-8-13(9-12)19-4/h12-13H,5-9H2,1-4H3. The Morgan fingerprint density at radius 3 is 2.79 bits per heavy atom. The summed E-state index contributed by atoms with van der Waals surface area (Å²) in [7, 11) is 1.78. The number of ether oxygens (including phenoxy) is 1. The summed E-state index contributed by atoms with van der Waals surface area (Å²) in [6.07, 6.45) is 5.29. The highest BCUT2D eigenvalue weighted by atomic mass is 16.5. The van der Waals surface area contributed by atoms with Crippen molar-refractivity contribution in [2.24, 2.45) is 0 Å². The summed E-state index contributed by atoms with van der Waals surface area (Å²) in [4.78, 5) is 12.0. The highest BCUT2D eigenvalue weighted by Crippen LogP contribution is 2.31. The van der Waals surface area contributed by atoms with Crippen LogP contribution < -0.4 is 0 Å². The minimum Gasteiger partial charge on any atom is -0.381 e. The van der Waals surface area contributed by atoms with Crippen molar-refractivity contribution in [2.75, 3.05) is 7.11 Å². The largest absolute Gasteiger partial charge is 0.381 e. The van der Waals surface area contributed by atoms with Gasteiger partial charge in [-0.2, -0.15) is 5.10 Å². The van der Waals surface area contributed by atoms with E-state index in [9.17, 15) is 4.79 Å². The fraction of sp³-hybridized carbons (Fsp3) is 0.733. The molecular formula is C15H24N2O2. The van der Waals surface area contributed by atoms with Gasteiger partial charge >= 0.3 is 0 Å². The number of carbonyl (C=O) groups is 1. The third-order valence-electron chi connectivity index (χ3n) is 4.20. The third kappa shape index (κ3) is 2.73. The van der Waals surface area contributed by atoms with Crippen molar-refractivity contribution in [3.05, 3.63) is 17.0 Å². The van der Waals surface area contributed by atoms with Gasteiger partial charge in [0.05, 0.1) is 23.4 Å². The number of hydrogen-bond acceptors (Lipinski definition) is 3. The maximum Gasteiger partial charge on any atom is 0.166 e. The normalized spacial score (nSPS) is 23.6. The number of Topliss-reactive ketones (excluding diaryl/α,β-unsaturated/α-hetero) is 1. The smallest absolute Gasteiger partial charge is 0.166 e. The number of aryl methyl sites for hydroxylation is 1. The van der Waals surface area contributed by atoms with Gasteiger partial charge in [-0.25, -0.2) is 0 Å². The van der Waals surface area contributed by atoms with Crippen LogP contribution in [0.4, 0.5) is 0 Å². The predicted octanol–water partition coefficient (Wildman–Crippen LogP) is 3.22. The number of aromatic nitrogens is 2. The van der Waals surface area contributed by atoms with E-state index in [2.05, 4.69) is 9.78 Å². The molecule has 1 aliphatic carbocycles. The van der Waals surface area contributed by atoms with E-state index in [1.165, 1.54) is 6.42 Å². The molecule has 2 rings (SSSR count). The van der Waals surface area contributed by atoms with Crippen LogP contribution in [0.1, 0.15) is 66.8 Å². The number of rotatable bonds is 4. The summed E-state index contributed by atoms with van der Waals surface area (Å²) in [5.41, 5.74) is 2.71. The first-order valence-electron chi connectivity index (χ1n) is 7.20. The molecule has 106 valence electrons. The molecule has 1 heterocycles. The second kappa shape index (κ2) is 5.87. The molecule has 0 spiro atoms. The van der Waals surface area contributed by atoms with E-state index < -0.39 is 0 Å². The minimum absolute atomic E-state index is 0.195. The lowest BCUT2D eigenvalue weighted by atomic mass is 9.92. The second-order valence-electron chi connectivity index (χ2n) is 5.45. The zero-order valence-electron chi connectivity index (χ0n) is 12.4. The Balaban J connectivity index is 2.28. The molecule has 1 aromatic heterocycles. The summed E-state index contributed by atoms with van der Waals surface area (Å²) in [5, 5.41) is 4.61. The lowest BCUT2D eigenvalue weighted by Gasteiger charge is -2.29. The van der Waals surface area contributed by atoms with E-state index in [0.717, 1.165) is 36.2 Å². The van der Waals surface area contributed by atoms with Gasteiger partial charge in [0.25, 0.3) is 0 Å². The van der Waals surface area contributed by atoms with Gasteiger partial charge in [0, 0.05) is 19.2 Å². The quantitative estimate of drug-likeness (QED) is 0.784. The molecule has 1 aliphatic rings. The monoisotopic (exact) mass is 264 g/mol. The number of carbonyl (C=O) groups excluding carboxylic acids is 1. The van der Waals surface area contributed by atoms with Gasteiger partial charge in [0.15, 0.2) is 5.78 Å². The first kappa shape index (κ1) is 14.3. The van der Waals surface area contributed by atoms with Gasteiger partial charge < -0.3 is 4.74 Å². The molecular weight excluding hydrogens is 240 g/mol. The zero-order chi connectivity index (χ0) is 14.0. The van der Waals surface area contributed by atoms with Crippen molar-refractivity contribution in [3.8, 4) is 0 Å². The highest BCUT2D eigenvalue weighted by molar-refractivity contribution is 5.97. The molecule has 0 aromatic carbocycles. The lowest BCUT2D eigenvalue weighted by Crippen LogP contribution is -2.25. The predicted molar refractivity (Wildman–Crippen MR) is 74.6 cm³/mol. The van der Waals surface area contributed by atoms with Crippen LogP contribution in [0.15, 0.2) is 0 Å². The maximum absolute atomic E-state index is 12.0. The molecule has 0 aliphatic heterocycles. The zero-order valence-corrected chi connectivity index (χ0v) is 12.4. The van der Waals surface area contributed by atoms with Crippen molar-refractivity contribution < 1.29 is 9.53 Å². The van der Waals surface area contributed by atoms with E-state index in [4.69, 9.17) is 4.74 Å². The van der Waals surface area contributed by atoms with E-state index >= 15 is 0 Å². The summed E-state index contributed by atoms with van der Waals surface area (Å²) in [6.45, 7) is 5.85. The summed E-state index contributed by atoms with van der Waals surface area (Å²) < 4.78 is 7.54. The molecule has 2 unspecified atom stereocenters. The van der Waals surface area contributed by atoms with Gasteiger partial charge in [-0.1, -0.05) is 6.92 Å². The van der Waals surface area contributed by atoms with E-state index in [1.807, 2.05) is 20.8 Å². The van der Waals surface area contributed by atoms with Crippen molar-refractivity contribution in [1.82, 2.24) is 9.78 Å². The van der Waals surface area contributed by atoms with Gasteiger partial charge in [-0.3, -0.25) is 9.48 Å². The fourth-order valence-electron chi connectivity index (χ4n) is 3.16. The van der Waals surface area contributed by atoms with Crippen molar-refractivity contribution in [3.63, 3.8) is 0 Å². The first-order valence-corrected chi connectivity index (χ1v) is 7.20. The SMILES string of the molecule is CCC(=O)c1c(C)nn(C2CCCC(OC)C2)c1C. The van der Waals surface area contributed by atoms with Crippen LogP contribution in [0.2, 0.25) is 0 Å². The number of nitrogens with zero attached hydrogens (tertiary/aromatic N) is 2. The van der Waals surface area contributed by atoms with Crippen LogP contribution in [0.3, 0.4) is 0 Å². The Morgan fingerprint density at radius 2 is 2.16 bits per heavy atom. The molecule has 0 amide bonds. The Kier molecular flexibility index (Phi) is 4.40. The number of ketones is 1. The maximum atomic E-state index is 12.0. The van der Waals surface area contributed by atoms with Gasteiger partial charge in [0.1, 0.15) is 0 Å². The molecule has 0 N–H and O–H groups in total. The van der Waals surface area contributed by atoms with E-state index in [-0.39, 0.29) is 5.78 Å². The van der Waals surface area contributed by atoms with E-state index in [1.54, 1.807) is 7.11 Å². The van der Waals surface area contributed by atoms with Crippen LogP contribution in [0.25, 0.3) is 0 Å². The van der Waals surface area contributed by atoms with Crippen LogP contribution >= 0.6 is 0 Å². The average molecular weight is 264 g/mol. The van der Waals surface area contributed by atoms with Crippen LogP contribution in [0.5, 0.6) is 0 Å². The van der Waals surface area contributed by atoms with Gasteiger partial charge in [-0.15, -0.1) is 0 Å². The van der Waals surface area contributed by atoms with Crippen molar-refractivity contribution in [2.45, 2.75) is 65.0 Å². The molecule has 0 radical (unpaired) electrons. The Hall–Kier alpha value is -1.16. The van der Waals surface area contributed by atoms with Gasteiger partial charge in [-0.05, 0) is 39.5 Å². The van der Waals surface area contributed by atoms with E-state index in [0.29, 0.717) is 18.6 Å². The molecule has 1 fully saturated rings. The molecule has 4 heteroatoms. The Labute approximate surface area is 115 Å². The lowest BCUT2D eigenvalue weighted by molar-refractivity contribution is 0.0503. The summed E-state index contributed by atoms with van der Waals surface area (Å²) >= 11 is 0. The summed E-state index contributed by atoms with van der Waals surface area (Å²) in [5.74, 6) is 0.195. The molecule has 1 saturated carbocycles. The Morgan fingerprint density at radius 1 is 1.42 bits per heavy atom. The third-order valence-corrected chi connectivity index (χ3v) is 4.20. The molecule has 19 heavy (non-hydrogen) atoms. The minimum atomic E-state index is 0.195. The molecule has 2 atom stereocenters. The number of methoxy groups -OCH3 is 1. The Bertz CT molecular complexity index is 465. The highest BCUT2D eigenvalue weighted by Gasteiger charge is 2.27. The first-order chi connectivity index (χ1) is 9.08. The van der Waals surface area contributed by atoms with Crippen LogP contribution in [-0.2, 0) is 4.74 Å². The molecule has 4 nitrogen and oxygen atoms in total. The number of hydrogen-bond donors (Lipinski definition) is 0.